The smallest absolute Gasteiger partial charge is 0.305 e. The summed E-state index contributed by atoms with van der Waals surface area (Å²) in [6.07, 6.45) is 3.24. The molecule has 1 fully saturated rings. The van der Waals surface area contributed by atoms with Gasteiger partial charge in [-0.15, -0.1) is 0 Å². The van der Waals surface area contributed by atoms with Gasteiger partial charge in [-0.05, 0) is 19.9 Å². The van der Waals surface area contributed by atoms with E-state index in [1.54, 1.807) is 35.1 Å². The van der Waals surface area contributed by atoms with Crippen molar-refractivity contribution in [1.29, 1.82) is 0 Å². The van der Waals surface area contributed by atoms with Crippen LogP contribution in [0.2, 0.25) is 0 Å². The number of hydrogen-bond donors (Lipinski definition) is 1. The van der Waals surface area contributed by atoms with Crippen LogP contribution >= 0.6 is 11.8 Å². The summed E-state index contributed by atoms with van der Waals surface area (Å²) in [6.45, 7) is 4.61. The lowest BCUT2D eigenvalue weighted by Crippen LogP contribution is -2.47. The van der Waals surface area contributed by atoms with E-state index in [1.807, 2.05) is 18.5 Å². The van der Waals surface area contributed by atoms with Crippen molar-refractivity contribution in [2.75, 3.05) is 18.1 Å². The third-order valence-electron chi connectivity index (χ3n) is 4.07. The Kier molecular flexibility index (Phi) is 4.75. The van der Waals surface area contributed by atoms with Crippen molar-refractivity contribution >= 4 is 34.7 Å². The van der Waals surface area contributed by atoms with Gasteiger partial charge in [-0.2, -0.15) is 16.9 Å². The number of fused-ring (bicyclic) bond motifs is 1. The van der Waals surface area contributed by atoms with Gasteiger partial charge in [-0.25, -0.2) is 9.67 Å². The van der Waals surface area contributed by atoms with Crippen molar-refractivity contribution in [1.82, 2.24) is 19.7 Å². The Morgan fingerprint density at radius 2 is 2.21 bits per heavy atom. The number of nitrogens with zero attached hydrogens (tertiary/aromatic N) is 4. The molecular weight excluding hydrogens is 328 g/mol. The van der Waals surface area contributed by atoms with Crippen molar-refractivity contribution in [3.05, 3.63) is 24.0 Å². The summed E-state index contributed by atoms with van der Waals surface area (Å²) in [5.41, 5.74) is 1.23. The number of rotatable bonds is 4. The van der Waals surface area contributed by atoms with E-state index in [-0.39, 0.29) is 24.4 Å². The van der Waals surface area contributed by atoms with Gasteiger partial charge in [0.25, 0.3) is 5.91 Å². The van der Waals surface area contributed by atoms with Crippen LogP contribution in [0, 0.1) is 0 Å². The lowest BCUT2D eigenvalue weighted by molar-refractivity contribution is -0.138. The summed E-state index contributed by atoms with van der Waals surface area (Å²) in [5.74, 6) is 0.433. The number of carbonyl (C=O) groups excluding carboxylic acids is 1. The largest absolute Gasteiger partial charge is 0.481 e. The Hall–Kier alpha value is -2.09. The topological polar surface area (TPSA) is 88.3 Å². The maximum atomic E-state index is 12.8. The average molecular weight is 348 g/mol. The minimum Gasteiger partial charge on any atom is -0.481 e. The van der Waals surface area contributed by atoms with E-state index in [1.165, 1.54) is 0 Å². The van der Waals surface area contributed by atoms with E-state index in [9.17, 15) is 9.59 Å². The third kappa shape index (κ3) is 3.24. The molecule has 1 unspecified atom stereocenters. The van der Waals surface area contributed by atoms with Crippen molar-refractivity contribution in [2.24, 2.45) is 0 Å². The molecule has 0 radical (unpaired) electrons. The highest BCUT2D eigenvalue weighted by atomic mass is 32.2. The van der Waals surface area contributed by atoms with Crippen LogP contribution in [0.1, 0.15) is 36.7 Å². The maximum Gasteiger partial charge on any atom is 0.305 e. The standard InChI is InChI=1S/C16H20N4O3S/c1-10(2)20-15-11(8-18-20)5-12(7-17-15)16(23)19-3-4-24-9-13(19)6-14(21)22/h5,7-8,10,13H,3-4,6,9H2,1-2H3,(H,21,22). The lowest BCUT2D eigenvalue weighted by Gasteiger charge is -2.34. The highest BCUT2D eigenvalue weighted by Gasteiger charge is 2.29. The molecule has 3 rings (SSSR count). The van der Waals surface area contributed by atoms with Gasteiger partial charge in [-0.1, -0.05) is 0 Å². The number of pyridine rings is 1. The predicted molar refractivity (Wildman–Crippen MR) is 92.3 cm³/mol. The first kappa shape index (κ1) is 16.8. The van der Waals surface area contributed by atoms with Crippen LogP contribution < -0.4 is 0 Å². The van der Waals surface area contributed by atoms with E-state index in [0.29, 0.717) is 17.9 Å². The Morgan fingerprint density at radius 1 is 1.42 bits per heavy atom. The van der Waals surface area contributed by atoms with Crippen LogP contribution in [-0.4, -0.2) is 60.7 Å². The summed E-state index contributed by atoms with van der Waals surface area (Å²) in [7, 11) is 0. The van der Waals surface area contributed by atoms with Crippen molar-refractivity contribution in [3.63, 3.8) is 0 Å². The van der Waals surface area contributed by atoms with Crippen molar-refractivity contribution in [3.8, 4) is 0 Å². The van der Waals surface area contributed by atoms with Crippen LogP contribution in [-0.2, 0) is 4.79 Å². The molecule has 1 aliphatic rings. The van der Waals surface area contributed by atoms with Crippen molar-refractivity contribution < 1.29 is 14.7 Å². The summed E-state index contributed by atoms with van der Waals surface area (Å²) in [6, 6.07) is 1.70. The zero-order valence-electron chi connectivity index (χ0n) is 13.7. The van der Waals surface area contributed by atoms with Gasteiger partial charge in [0, 0.05) is 35.7 Å². The van der Waals surface area contributed by atoms with Crippen molar-refractivity contribution in [2.45, 2.75) is 32.4 Å². The number of aliphatic carboxylic acids is 1. The highest BCUT2D eigenvalue weighted by Crippen LogP contribution is 2.23. The molecule has 1 aliphatic heterocycles. The van der Waals surface area contributed by atoms with E-state index in [2.05, 4.69) is 10.1 Å². The molecule has 0 saturated carbocycles. The zero-order chi connectivity index (χ0) is 17.3. The molecular formula is C16H20N4O3S. The van der Waals surface area contributed by atoms with E-state index < -0.39 is 5.97 Å². The molecule has 0 bridgehead atoms. The van der Waals surface area contributed by atoms with Gasteiger partial charge in [-0.3, -0.25) is 9.59 Å². The zero-order valence-corrected chi connectivity index (χ0v) is 14.5. The van der Waals surface area contributed by atoms with Gasteiger partial charge in [0.15, 0.2) is 5.65 Å². The first-order valence-corrected chi connectivity index (χ1v) is 9.06. The minimum absolute atomic E-state index is 0.0281. The molecule has 7 nitrogen and oxygen atoms in total. The molecule has 2 aromatic rings. The number of carbonyl (C=O) groups is 2. The fraction of sp³-hybridized carbons (Fsp3) is 0.500. The SMILES string of the molecule is CC(C)n1ncc2cc(C(=O)N3CCSCC3CC(=O)O)cnc21. The van der Waals surface area contributed by atoms with Gasteiger partial charge >= 0.3 is 5.97 Å². The molecule has 24 heavy (non-hydrogen) atoms. The second kappa shape index (κ2) is 6.80. The highest BCUT2D eigenvalue weighted by molar-refractivity contribution is 7.99. The predicted octanol–water partition coefficient (Wildman–Crippen LogP) is 2.04. The average Bonchev–Trinajstić information content (AvgIpc) is 2.97. The summed E-state index contributed by atoms with van der Waals surface area (Å²) >= 11 is 1.68. The number of thioether (sulfide) groups is 1. The van der Waals surface area contributed by atoms with Crippen LogP contribution in [0.25, 0.3) is 11.0 Å². The first-order valence-electron chi connectivity index (χ1n) is 7.91. The van der Waals surface area contributed by atoms with E-state index in [0.717, 1.165) is 16.8 Å². The second-order valence-corrected chi connectivity index (χ2v) is 7.29. The normalized spacial score (nSPS) is 18.3. The third-order valence-corrected chi connectivity index (χ3v) is 5.16. The maximum absolute atomic E-state index is 12.8. The van der Waals surface area contributed by atoms with Gasteiger partial charge in [0.05, 0.1) is 24.2 Å². The fourth-order valence-corrected chi connectivity index (χ4v) is 3.96. The molecule has 0 aliphatic carbocycles. The molecule has 8 heteroatoms. The fourth-order valence-electron chi connectivity index (χ4n) is 2.89. The summed E-state index contributed by atoms with van der Waals surface area (Å²) in [5, 5.41) is 14.2. The molecule has 1 N–H and O–H groups in total. The van der Waals surface area contributed by atoms with Gasteiger partial charge in [0.1, 0.15) is 0 Å². The molecule has 2 aromatic heterocycles. The Bertz CT molecular complexity index is 774. The summed E-state index contributed by atoms with van der Waals surface area (Å²) < 4.78 is 1.81. The minimum atomic E-state index is -0.882. The summed E-state index contributed by atoms with van der Waals surface area (Å²) in [4.78, 5) is 29.9. The quantitative estimate of drug-likeness (QED) is 0.910. The molecule has 0 spiro atoms. The van der Waals surface area contributed by atoms with Crippen LogP contribution in [0.3, 0.4) is 0 Å². The van der Waals surface area contributed by atoms with E-state index in [4.69, 9.17) is 5.11 Å². The van der Waals surface area contributed by atoms with E-state index >= 15 is 0 Å². The van der Waals surface area contributed by atoms with Crippen LogP contribution in [0.15, 0.2) is 18.5 Å². The first-order chi connectivity index (χ1) is 11.5. The number of aromatic nitrogens is 3. The Balaban J connectivity index is 1.88. The number of hydrogen-bond acceptors (Lipinski definition) is 5. The molecule has 3 heterocycles. The lowest BCUT2D eigenvalue weighted by atomic mass is 10.1. The molecule has 1 saturated heterocycles. The van der Waals surface area contributed by atoms with Gasteiger partial charge < -0.3 is 10.0 Å². The van der Waals surface area contributed by atoms with Gasteiger partial charge in [0.2, 0.25) is 0 Å². The monoisotopic (exact) mass is 348 g/mol. The molecule has 1 amide bonds. The molecule has 1 atom stereocenters. The van der Waals surface area contributed by atoms with Crippen LogP contribution in [0.4, 0.5) is 0 Å². The molecule has 128 valence electrons. The number of carboxylic acid groups (broad SMARTS) is 1. The number of carboxylic acids is 1. The Morgan fingerprint density at radius 3 is 2.92 bits per heavy atom. The van der Waals surface area contributed by atoms with Crippen LogP contribution in [0.5, 0.6) is 0 Å². The Labute approximate surface area is 144 Å². The molecule has 0 aromatic carbocycles. The number of amides is 1. The second-order valence-electron chi connectivity index (χ2n) is 6.14.